The average Bonchev–Trinajstić information content (AvgIpc) is 3.10. The molecule has 0 unspecified atom stereocenters. The van der Waals surface area contributed by atoms with Crippen molar-refractivity contribution in [2.24, 2.45) is 17.6 Å². The van der Waals surface area contributed by atoms with Crippen molar-refractivity contribution in [3.8, 4) is 0 Å². The van der Waals surface area contributed by atoms with Crippen LogP contribution in [0.25, 0.3) is 0 Å². The van der Waals surface area contributed by atoms with Crippen molar-refractivity contribution in [1.29, 1.82) is 0 Å². The molecule has 13 nitrogen and oxygen atoms in total. The van der Waals surface area contributed by atoms with E-state index in [4.69, 9.17) is 24.7 Å². The van der Waals surface area contributed by atoms with E-state index in [1.807, 2.05) is 6.92 Å². The Morgan fingerprint density at radius 1 is 1.02 bits per heavy atom. The summed E-state index contributed by atoms with van der Waals surface area (Å²) in [4.78, 5) is 78.4. The van der Waals surface area contributed by atoms with E-state index in [1.165, 1.54) is 33.3 Å². The molecule has 3 amide bonds. The Bertz CT molecular complexity index is 1660. The van der Waals surface area contributed by atoms with Gasteiger partial charge in [0.05, 0.1) is 17.5 Å². The zero-order valence-corrected chi connectivity index (χ0v) is 31.0. The van der Waals surface area contributed by atoms with Gasteiger partial charge in [-0.05, 0) is 50.3 Å². The quantitative estimate of drug-likeness (QED) is 0.157. The molecule has 0 saturated heterocycles. The first-order valence-corrected chi connectivity index (χ1v) is 17.3. The SMILES string of the molecule is CO[C@H]1/C=C\C=C(/C)C(=O)NC2=CC(=O)C(NC(=O)c3ccccc3)=C(C[C@@H](C)C[C@H](OC)[C@@H](OC(=O)CBr)[C@@H](C)/C=C(\C)[C@@H]1OC(N)=O)C2=O. The fourth-order valence-corrected chi connectivity index (χ4v) is 5.98. The minimum absolute atomic E-state index is 0.00366. The van der Waals surface area contributed by atoms with Gasteiger partial charge in [-0.1, -0.05) is 72.3 Å². The minimum atomic E-state index is -1.04. The first-order valence-electron chi connectivity index (χ1n) is 16.2. The molecule has 3 rings (SSSR count). The van der Waals surface area contributed by atoms with E-state index in [0.717, 1.165) is 6.08 Å². The van der Waals surface area contributed by atoms with Crippen LogP contribution in [0, 0.1) is 11.8 Å². The fraction of sp³-hybridized carbons (Fsp3) is 0.405. The number of nitrogens with one attached hydrogen (secondary N) is 2. The Morgan fingerprint density at radius 3 is 2.31 bits per heavy atom. The number of hydrogen-bond donors (Lipinski definition) is 3. The number of carbonyl (C=O) groups excluding carboxylic acids is 6. The van der Waals surface area contributed by atoms with Crippen LogP contribution in [0.1, 0.15) is 50.9 Å². The highest BCUT2D eigenvalue weighted by Crippen LogP contribution is 2.30. The lowest BCUT2D eigenvalue weighted by atomic mass is 9.85. The molecule has 2 aliphatic rings. The number of alkyl halides is 1. The first-order chi connectivity index (χ1) is 24.2. The second kappa shape index (κ2) is 19.1. The molecule has 1 aromatic rings. The maximum absolute atomic E-state index is 14.0. The van der Waals surface area contributed by atoms with Crippen molar-refractivity contribution in [3.05, 3.63) is 94.4 Å². The molecule has 1 aliphatic heterocycles. The van der Waals surface area contributed by atoms with Crippen LogP contribution in [0.2, 0.25) is 0 Å². The number of esters is 1. The van der Waals surface area contributed by atoms with E-state index < -0.39 is 65.8 Å². The zero-order valence-electron chi connectivity index (χ0n) is 29.4. The van der Waals surface area contributed by atoms with Crippen LogP contribution >= 0.6 is 15.9 Å². The first kappa shape index (κ1) is 40.8. The predicted octanol–water partition coefficient (Wildman–Crippen LogP) is 4.14. The van der Waals surface area contributed by atoms with Crippen molar-refractivity contribution in [3.63, 3.8) is 0 Å². The standard InChI is InChI=1S/C37H44BrN3O10/c1-20-15-25-31(41-36(46)24-12-8-7-9-13-24)27(42)18-26(32(25)44)40-35(45)21(2)11-10-14-28(48-5)33(51-37(39)47)22(3)17-23(4)34(29(16-20)49-6)50-30(43)19-38/h7-14,17-18,20,23,28-29,33-34H,15-16,19H2,1-6H3,(H2,39,47)(H,40,45)(H,41,46)/b14-10-,21-11+,22-17+/t20-,23+,28+,29+,33+,34+/m1/s1. The van der Waals surface area contributed by atoms with Gasteiger partial charge in [-0.3, -0.25) is 24.0 Å². The van der Waals surface area contributed by atoms with Crippen molar-refractivity contribution >= 4 is 51.4 Å². The summed E-state index contributed by atoms with van der Waals surface area (Å²) in [6, 6.07) is 8.22. The normalized spacial score (nSPS) is 27.9. The predicted molar refractivity (Wildman–Crippen MR) is 191 cm³/mol. The zero-order chi connectivity index (χ0) is 37.8. The number of benzene rings is 1. The number of halogens is 1. The molecule has 2 bridgehead atoms. The number of fused-ring (bicyclic) bond motifs is 2. The minimum Gasteiger partial charge on any atom is -0.458 e. The molecule has 274 valence electrons. The van der Waals surface area contributed by atoms with Crippen molar-refractivity contribution in [2.75, 3.05) is 19.5 Å². The number of primary amides is 1. The van der Waals surface area contributed by atoms with E-state index in [-0.39, 0.29) is 52.2 Å². The molecule has 0 spiro atoms. The highest BCUT2D eigenvalue weighted by Gasteiger charge is 2.36. The summed E-state index contributed by atoms with van der Waals surface area (Å²) in [7, 11) is 2.87. The number of methoxy groups -OCH3 is 2. The lowest BCUT2D eigenvalue weighted by Gasteiger charge is -2.32. The number of Topliss-reactive ketones (excluding diaryl/α,β-unsaturated/α-hetero) is 1. The van der Waals surface area contributed by atoms with Crippen LogP contribution in [-0.4, -0.2) is 79.4 Å². The molecule has 51 heavy (non-hydrogen) atoms. The second-order valence-electron chi connectivity index (χ2n) is 12.3. The lowest BCUT2D eigenvalue weighted by Crippen LogP contribution is -2.40. The van der Waals surface area contributed by atoms with Gasteiger partial charge in [0.15, 0.2) is 6.10 Å². The Balaban J connectivity index is 2.17. The molecule has 4 N–H and O–H groups in total. The van der Waals surface area contributed by atoms with Crippen molar-refractivity contribution in [1.82, 2.24) is 10.6 Å². The average molecular weight is 771 g/mol. The summed E-state index contributed by atoms with van der Waals surface area (Å²) in [5.41, 5.74) is 5.94. The molecule has 1 aliphatic carbocycles. The molecular weight excluding hydrogens is 726 g/mol. The van der Waals surface area contributed by atoms with Gasteiger partial charge >= 0.3 is 12.1 Å². The van der Waals surface area contributed by atoms with E-state index >= 15 is 0 Å². The molecule has 0 fully saturated rings. The van der Waals surface area contributed by atoms with Gasteiger partial charge in [0.1, 0.15) is 17.5 Å². The van der Waals surface area contributed by atoms with Crippen molar-refractivity contribution in [2.45, 2.75) is 65.0 Å². The topological polar surface area (TPSA) is 189 Å². The smallest absolute Gasteiger partial charge is 0.405 e. The highest BCUT2D eigenvalue weighted by atomic mass is 79.9. The van der Waals surface area contributed by atoms with Crippen LogP contribution in [0.4, 0.5) is 4.79 Å². The van der Waals surface area contributed by atoms with Gasteiger partial charge in [0.2, 0.25) is 11.6 Å². The Kier molecular flexibility index (Phi) is 15.3. The number of rotatable bonds is 7. The largest absolute Gasteiger partial charge is 0.458 e. The number of carbonyl (C=O) groups is 6. The summed E-state index contributed by atoms with van der Waals surface area (Å²) in [6.07, 6.45) is 3.02. The molecule has 1 aromatic carbocycles. The third kappa shape index (κ3) is 11.2. The van der Waals surface area contributed by atoms with Gasteiger partial charge < -0.3 is 35.3 Å². The fourth-order valence-electron chi connectivity index (χ4n) is 5.85. The molecule has 6 atom stereocenters. The number of nitrogens with two attached hydrogens (primary N) is 1. The molecular formula is C37H44BrN3O10. The Hall–Kier alpha value is -4.66. The molecule has 0 aromatic heterocycles. The molecule has 0 radical (unpaired) electrons. The van der Waals surface area contributed by atoms with Crippen LogP contribution in [0.3, 0.4) is 0 Å². The third-order valence-corrected chi connectivity index (χ3v) is 8.87. The van der Waals surface area contributed by atoms with E-state index in [1.54, 1.807) is 56.3 Å². The molecule has 1 heterocycles. The number of allylic oxidation sites excluding steroid dienone is 4. The summed E-state index contributed by atoms with van der Waals surface area (Å²) < 4.78 is 22.8. The lowest BCUT2D eigenvalue weighted by molar-refractivity contribution is -0.156. The maximum Gasteiger partial charge on any atom is 0.405 e. The van der Waals surface area contributed by atoms with E-state index in [2.05, 4.69) is 26.6 Å². The highest BCUT2D eigenvalue weighted by molar-refractivity contribution is 9.09. The van der Waals surface area contributed by atoms with Gasteiger partial charge in [0.25, 0.3) is 11.8 Å². The van der Waals surface area contributed by atoms with Gasteiger partial charge in [-0.25, -0.2) is 4.79 Å². The number of ether oxygens (including phenoxy) is 4. The van der Waals surface area contributed by atoms with Gasteiger partial charge in [-0.15, -0.1) is 0 Å². The van der Waals surface area contributed by atoms with Gasteiger partial charge in [-0.2, -0.15) is 0 Å². The van der Waals surface area contributed by atoms with Crippen LogP contribution in [0.15, 0.2) is 88.8 Å². The number of amides is 3. The van der Waals surface area contributed by atoms with Crippen molar-refractivity contribution < 1.29 is 47.7 Å². The summed E-state index contributed by atoms with van der Waals surface area (Å²) in [6.45, 7) is 6.84. The Morgan fingerprint density at radius 2 is 1.71 bits per heavy atom. The molecule has 0 saturated carbocycles. The van der Waals surface area contributed by atoms with Crippen LogP contribution < -0.4 is 16.4 Å². The summed E-state index contributed by atoms with van der Waals surface area (Å²) in [5.74, 6) is -4.02. The number of hydrogen-bond acceptors (Lipinski definition) is 10. The van der Waals surface area contributed by atoms with E-state index in [0.29, 0.717) is 5.57 Å². The second-order valence-corrected chi connectivity index (χ2v) is 12.9. The summed E-state index contributed by atoms with van der Waals surface area (Å²) in [5, 5.41) is 5.06. The van der Waals surface area contributed by atoms with Crippen LogP contribution in [-0.2, 0) is 38.1 Å². The molecule has 14 heteroatoms. The summed E-state index contributed by atoms with van der Waals surface area (Å²) >= 11 is 3.14. The monoisotopic (exact) mass is 769 g/mol. The number of ketones is 2. The van der Waals surface area contributed by atoms with E-state index in [9.17, 15) is 28.8 Å². The maximum atomic E-state index is 14.0. The Labute approximate surface area is 305 Å². The van der Waals surface area contributed by atoms with Gasteiger partial charge in [0, 0.05) is 42.9 Å². The van der Waals surface area contributed by atoms with Crippen LogP contribution in [0.5, 0.6) is 0 Å². The third-order valence-electron chi connectivity index (χ3n) is 8.41.